The van der Waals surface area contributed by atoms with Gasteiger partial charge in [0.1, 0.15) is 5.75 Å². The summed E-state index contributed by atoms with van der Waals surface area (Å²) in [6, 6.07) is 7.82. The summed E-state index contributed by atoms with van der Waals surface area (Å²) in [5.41, 5.74) is 6.45. The summed E-state index contributed by atoms with van der Waals surface area (Å²) in [7, 11) is 0. The molecule has 0 saturated heterocycles. The Balaban J connectivity index is 1.62. The first-order valence-electron chi connectivity index (χ1n) is 8.52. The van der Waals surface area contributed by atoms with Crippen molar-refractivity contribution in [3.8, 4) is 5.75 Å². The first-order chi connectivity index (χ1) is 10.8. The van der Waals surface area contributed by atoms with Gasteiger partial charge in [-0.1, -0.05) is 44.2 Å². The van der Waals surface area contributed by atoms with E-state index in [-0.39, 0.29) is 5.91 Å². The number of anilines is 1. The average molecular weight is 304 g/mol. The van der Waals surface area contributed by atoms with Gasteiger partial charge < -0.3 is 15.8 Å². The second kappa shape index (κ2) is 9.34. The van der Waals surface area contributed by atoms with Gasteiger partial charge in [0.25, 0.3) is 0 Å². The molecule has 1 aromatic carbocycles. The minimum absolute atomic E-state index is 0.148. The molecule has 4 heteroatoms. The van der Waals surface area contributed by atoms with Crippen LogP contribution in [-0.4, -0.2) is 18.6 Å². The molecule has 1 amide bonds. The van der Waals surface area contributed by atoms with Crippen molar-refractivity contribution in [2.45, 2.75) is 63.8 Å². The zero-order valence-electron chi connectivity index (χ0n) is 13.4. The smallest absolute Gasteiger partial charge is 0.220 e. The number of para-hydroxylation sites is 2. The Bertz CT molecular complexity index is 454. The molecular weight excluding hydrogens is 276 g/mol. The average Bonchev–Trinajstić information content (AvgIpc) is 2.48. The number of carbonyl (C=O) groups is 1. The van der Waals surface area contributed by atoms with Gasteiger partial charge in [-0.3, -0.25) is 4.79 Å². The van der Waals surface area contributed by atoms with Crippen LogP contribution < -0.4 is 15.8 Å². The molecule has 0 unspecified atom stereocenters. The summed E-state index contributed by atoms with van der Waals surface area (Å²) in [6.07, 6.45) is 9.92. The maximum atomic E-state index is 12.0. The third-order valence-corrected chi connectivity index (χ3v) is 4.20. The van der Waals surface area contributed by atoms with E-state index in [1.54, 1.807) is 0 Å². The highest BCUT2D eigenvalue weighted by molar-refractivity contribution is 5.76. The number of ether oxygens (including phenoxy) is 1. The van der Waals surface area contributed by atoms with Gasteiger partial charge in [0.2, 0.25) is 5.91 Å². The van der Waals surface area contributed by atoms with Gasteiger partial charge >= 0.3 is 0 Å². The molecule has 0 heterocycles. The molecule has 1 fully saturated rings. The summed E-state index contributed by atoms with van der Waals surface area (Å²) in [5, 5.41) is 3.18. The number of benzene rings is 1. The molecular formula is C18H28N2O2. The Labute approximate surface area is 133 Å². The molecule has 0 aliphatic heterocycles. The molecule has 0 bridgehead atoms. The lowest BCUT2D eigenvalue weighted by molar-refractivity contribution is -0.122. The molecule has 0 radical (unpaired) electrons. The monoisotopic (exact) mass is 304 g/mol. The van der Waals surface area contributed by atoms with Gasteiger partial charge in [-0.15, -0.1) is 0 Å². The maximum absolute atomic E-state index is 12.0. The Kier molecular flexibility index (Phi) is 7.07. The first kappa shape index (κ1) is 16.7. The number of nitrogens with one attached hydrogen (secondary N) is 1. The lowest BCUT2D eigenvalue weighted by atomic mass is 9.96. The molecule has 1 aromatic rings. The standard InChI is InChI=1S/C18H28N2O2/c19-16-11-6-7-12-17(16)22-14-8-13-18(21)20-15-9-4-2-1-3-5-10-15/h6-7,11-12,15H,1-5,8-10,13-14,19H2,(H,20,21). The van der Waals surface area contributed by atoms with Gasteiger partial charge in [-0.2, -0.15) is 0 Å². The summed E-state index contributed by atoms with van der Waals surface area (Å²) in [4.78, 5) is 12.0. The second-order valence-corrected chi connectivity index (χ2v) is 6.10. The van der Waals surface area contributed by atoms with E-state index in [1.807, 2.05) is 24.3 Å². The van der Waals surface area contributed by atoms with E-state index in [0.29, 0.717) is 36.9 Å². The van der Waals surface area contributed by atoms with Crippen molar-refractivity contribution in [2.75, 3.05) is 12.3 Å². The van der Waals surface area contributed by atoms with Crippen LogP contribution in [0.5, 0.6) is 5.75 Å². The number of rotatable bonds is 6. The van der Waals surface area contributed by atoms with Crippen LogP contribution in [0.25, 0.3) is 0 Å². The number of amides is 1. The lowest BCUT2D eigenvalue weighted by Crippen LogP contribution is -2.35. The highest BCUT2D eigenvalue weighted by Crippen LogP contribution is 2.20. The molecule has 1 aliphatic rings. The van der Waals surface area contributed by atoms with Crippen LogP contribution in [0.3, 0.4) is 0 Å². The minimum atomic E-state index is 0.148. The van der Waals surface area contributed by atoms with Crippen molar-refractivity contribution in [1.29, 1.82) is 0 Å². The number of nitrogen functional groups attached to an aromatic ring is 1. The third-order valence-electron chi connectivity index (χ3n) is 4.20. The molecule has 4 nitrogen and oxygen atoms in total. The highest BCUT2D eigenvalue weighted by Gasteiger charge is 2.13. The van der Waals surface area contributed by atoms with Gasteiger partial charge in [0, 0.05) is 12.5 Å². The van der Waals surface area contributed by atoms with Crippen molar-refractivity contribution < 1.29 is 9.53 Å². The SMILES string of the molecule is Nc1ccccc1OCCCC(=O)NC1CCCCCCC1. The van der Waals surface area contributed by atoms with E-state index in [9.17, 15) is 4.79 Å². The zero-order chi connectivity index (χ0) is 15.6. The topological polar surface area (TPSA) is 64.3 Å². The lowest BCUT2D eigenvalue weighted by Gasteiger charge is -2.21. The van der Waals surface area contributed by atoms with E-state index >= 15 is 0 Å². The van der Waals surface area contributed by atoms with Crippen molar-refractivity contribution in [3.63, 3.8) is 0 Å². The predicted molar refractivity (Wildman–Crippen MR) is 89.8 cm³/mol. The van der Waals surface area contributed by atoms with E-state index in [4.69, 9.17) is 10.5 Å². The Morgan fingerprint density at radius 1 is 1.14 bits per heavy atom. The van der Waals surface area contributed by atoms with Crippen LogP contribution in [0.1, 0.15) is 57.8 Å². The van der Waals surface area contributed by atoms with Gasteiger partial charge in [-0.25, -0.2) is 0 Å². The van der Waals surface area contributed by atoms with Crippen molar-refractivity contribution in [1.82, 2.24) is 5.32 Å². The van der Waals surface area contributed by atoms with E-state index in [2.05, 4.69) is 5.32 Å². The van der Waals surface area contributed by atoms with Gasteiger partial charge in [0.05, 0.1) is 12.3 Å². The molecule has 0 aromatic heterocycles. The minimum Gasteiger partial charge on any atom is -0.491 e. The summed E-state index contributed by atoms with van der Waals surface area (Å²) in [5.74, 6) is 0.845. The normalized spacial score (nSPS) is 16.5. The molecule has 1 aliphatic carbocycles. The van der Waals surface area contributed by atoms with E-state index < -0.39 is 0 Å². The Morgan fingerprint density at radius 2 is 1.82 bits per heavy atom. The van der Waals surface area contributed by atoms with Gasteiger partial charge in [0.15, 0.2) is 0 Å². The number of hydrogen-bond donors (Lipinski definition) is 2. The van der Waals surface area contributed by atoms with Crippen LogP contribution in [0.4, 0.5) is 5.69 Å². The second-order valence-electron chi connectivity index (χ2n) is 6.10. The van der Waals surface area contributed by atoms with Crippen LogP contribution in [0.15, 0.2) is 24.3 Å². The molecule has 0 spiro atoms. The summed E-state index contributed by atoms with van der Waals surface area (Å²) < 4.78 is 5.61. The molecule has 22 heavy (non-hydrogen) atoms. The molecule has 1 saturated carbocycles. The molecule has 3 N–H and O–H groups in total. The summed E-state index contributed by atoms with van der Waals surface area (Å²) >= 11 is 0. The van der Waals surface area contributed by atoms with Crippen LogP contribution in [-0.2, 0) is 4.79 Å². The van der Waals surface area contributed by atoms with Gasteiger partial charge in [-0.05, 0) is 31.4 Å². The molecule has 0 atom stereocenters. The number of carbonyl (C=O) groups excluding carboxylic acids is 1. The third kappa shape index (κ3) is 5.96. The van der Waals surface area contributed by atoms with Crippen LogP contribution in [0, 0.1) is 0 Å². The largest absolute Gasteiger partial charge is 0.491 e. The fourth-order valence-corrected chi connectivity index (χ4v) is 2.93. The predicted octanol–water partition coefficient (Wildman–Crippen LogP) is 3.66. The quantitative estimate of drug-likeness (QED) is 0.622. The highest BCUT2D eigenvalue weighted by atomic mass is 16.5. The van der Waals surface area contributed by atoms with E-state index in [1.165, 1.54) is 32.1 Å². The maximum Gasteiger partial charge on any atom is 0.220 e. The van der Waals surface area contributed by atoms with Crippen molar-refractivity contribution >= 4 is 11.6 Å². The van der Waals surface area contributed by atoms with E-state index in [0.717, 1.165) is 12.8 Å². The zero-order valence-corrected chi connectivity index (χ0v) is 13.4. The Hall–Kier alpha value is -1.71. The van der Waals surface area contributed by atoms with Crippen molar-refractivity contribution in [3.05, 3.63) is 24.3 Å². The first-order valence-corrected chi connectivity index (χ1v) is 8.52. The Morgan fingerprint density at radius 3 is 2.55 bits per heavy atom. The number of nitrogens with two attached hydrogens (primary N) is 1. The fourth-order valence-electron chi connectivity index (χ4n) is 2.93. The number of hydrogen-bond acceptors (Lipinski definition) is 3. The molecule has 2 rings (SSSR count). The molecule has 122 valence electrons. The van der Waals surface area contributed by atoms with Crippen molar-refractivity contribution in [2.24, 2.45) is 0 Å². The van der Waals surface area contributed by atoms with Crippen LogP contribution in [0.2, 0.25) is 0 Å². The van der Waals surface area contributed by atoms with Crippen LogP contribution >= 0.6 is 0 Å². The fraction of sp³-hybridized carbons (Fsp3) is 0.611. The summed E-state index contributed by atoms with van der Waals surface area (Å²) in [6.45, 7) is 0.520.